The molecule has 1 amide bonds. The summed E-state index contributed by atoms with van der Waals surface area (Å²) in [7, 11) is 1.54. The molecule has 1 aromatic carbocycles. The van der Waals surface area contributed by atoms with E-state index < -0.39 is 17.7 Å². The van der Waals surface area contributed by atoms with Gasteiger partial charge in [-0.3, -0.25) is 4.79 Å². The van der Waals surface area contributed by atoms with Gasteiger partial charge in [-0.05, 0) is 18.2 Å². The molecule has 1 aromatic rings. The molecule has 0 saturated carbocycles. The van der Waals surface area contributed by atoms with Gasteiger partial charge in [0.2, 0.25) is 5.91 Å². The van der Waals surface area contributed by atoms with E-state index in [0.717, 1.165) is 18.2 Å². The van der Waals surface area contributed by atoms with Crippen molar-refractivity contribution in [2.45, 2.75) is 0 Å². The van der Waals surface area contributed by atoms with Gasteiger partial charge in [-0.15, -0.1) is 0 Å². The summed E-state index contributed by atoms with van der Waals surface area (Å²) in [5.41, 5.74) is -0.224. The average Bonchev–Trinajstić information content (AvgIpc) is 2.34. The molecule has 0 spiro atoms. The molecule has 0 atom stereocenters. The maximum Gasteiger partial charge on any atom is 0.337 e. The molecular weight excluding hydrogens is 255 g/mol. The fourth-order valence-corrected chi connectivity index (χ4v) is 1.38. The summed E-state index contributed by atoms with van der Waals surface area (Å²) in [4.78, 5) is 22.4. The fraction of sp³-hybridized carbons (Fsp3) is 0.333. The number of halogens is 1. The molecule has 0 bridgehead atoms. The molecule has 0 aromatic heterocycles. The van der Waals surface area contributed by atoms with Gasteiger partial charge in [0.05, 0.1) is 24.4 Å². The van der Waals surface area contributed by atoms with Crippen LogP contribution in [0, 0.1) is 5.82 Å². The van der Waals surface area contributed by atoms with Gasteiger partial charge in [-0.2, -0.15) is 0 Å². The van der Waals surface area contributed by atoms with E-state index in [1.807, 2.05) is 0 Å². The van der Waals surface area contributed by atoms with Crippen LogP contribution in [0.5, 0.6) is 0 Å². The first-order valence-electron chi connectivity index (χ1n) is 5.57. The zero-order chi connectivity index (χ0) is 14.3. The number of ether oxygens (including phenoxy) is 1. The molecule has 1 rings (SSSR count). The van der Waals surface area contributed by atoms with Gasteiger partial charge < -0.3 is 20.5 Å². The summed E-state index contributed by atoms with van der Waals surface area (Å²) in [5.74, 6) is -2.31. The van der Waals surface area contributed by atoms with Crippen LogP contribution in [0.3, 0.4) is 0 Å². The third-order valence-corrected chi connectivity index (χ3v) is 2.25. The lowest BCUT2D eigenvalue weighted by Gasteiger charge is -2.09. The normalized spacial score (nSPS) is 10.2. The summed E-state index contributed by atoms with van der Waals surface area (Å²) in [5, 5.41) is 14.0. The Morgan fingerprint density at radius 2 is 2.16 bits per heavy atom. The maximum atomic E-state index is 13.0. The summed E-state index contributed by atoms with van der Waals surface area (Å²) in [6.07, 6.45) is 0. The molecule has 0 aliphatic heterocycles. The number of rotatable bonds is 7. The van der Waals surface area contributed by atoms with Crippen LogP contribution < -0.4 is 10.6 Å². The summed E-state index contributed by atoms with van der Waals surface area (Å²) in [6, 6.07) is 3.10. The van der Waals surface area contributed by atoms with Crippen molar-refractivity contribution in [2.75, 3.05) is 32.1 Å². The molecule has 19 heavy (non-hydrogen) atoms. The van der Waals surface area contributed by atoms with E-state index in [9.17, 15) is 14.0 Å². The van der Waals surface area contributed by atoms with Gasteiger partial charge in [0, 0.05) is 13.7 Å². The Morgan fingerprint density at radius 1 is 1.42 bits per heavy atom. The molecule has 3 N–H and O–H groups in total. The highest BCUT2D eigenvalue weighted by atomic mass is 19.1. The quantitative estimate of drug-likeness (QED) is 0.635. The Bertz CT molecular complexity index is 465. The van der Waals surface area contributed by atoms with Crippen molar-refractivity contribution in [1.82, 2.24) is 5.32 Å². The minimum atomic E-state index is -1.23. The number of hydrogen-bond acceptors (Lipinski definition) is 4. The number of carbonyl (C=O) groups is 2. The monoisotopic (exact) mass is 270 g/mol. The molecule has 0 fully saturated rings. The zero-order valence-corrected chi connectivity index (χ0v) is 10.4. The predicted molar refractivity (Wildman–Crippen MR) is 66.7 cm³/mol. The van der Waals surface area contributed by atoms with Crippen molar-refractivity contribution in [3.8, 4) is 0 Å². The average molecular weight is 270 g/mol. The highest BCUT2D eigenvalue weighted by Crippen LogP contribution is 2.17. The van der Waals surface area contributed by atoms with Gasteiger partial charge in [-0.25, -0.2) is 9.18 Å². The Labute approximate surface area is 109 Å². The molecule has 0 radical (unpaired) electrons. The molecule has 7 heteroatoms. The van der Waals surface area contributed by atoms with Crippen LogP contribution in [-0.2, 0) is 9.53 Å². The maximum absolute atomic E-state index is 13.0. The van der Waals surface area contributed by atoms with Crippen LogP contribution in [0.1, 0.15) is 10.4 Å². The van der Waals surface area contributed by atoms with Crippen molar-refractivity contribution in [3.05, 3.63) is 29.6 Å². The van der Waals surface area contributed by atoms with Crippen LogP contribution >= 0.6 is 0 Å². The first-order chi connectivity index (χ1) is 9.04. The minimum Gasteiger partial charge on any atom is -0.478 e. The summed E-state index contributed by atoms with van der Waals surface area (Å²) >= 11 is 0. The first kappa shape index (κ1) is 15.1. The van der Waals surface area contributed by atoms with Crippen LogP contribution in [0.25, 0.3) is 0 Å². The lowest BCUT2D eigenvalue weighted by atomic mass is 10.1. The zero-order valence-electron chi connectivity index (χ0n) is 10.4. The van der Waals surface area contributed by atoms with Gasteiger partial charge in [0.15, 0.2) is 0 Å². The second-order valence-corrected chi connectivity index (χ2v) is 3.71. The van der Waals surface area contributed by atoms with Crippen molar-refractivity contribution in [2.24, 2.45) is 0 Å². The largest absolute Gasteiger partial charge is 0.478 e. The van der Waals surface area contributed by atoms with E-state index in [4.69, 9.17) is 9.84 Å². The number of carboxylic acid groups (broad SMARTS) is 1. The second kappa shape index (κ2) is 7.45. The number of nitrogens with one attached hydrogen (secondary N) is 2. The Kier molecular flexibility index (Phi) is 5.91. The lowest BCUT2D eigenvalue weighted by Crippen LogP contribution is -2.30. The fourth-order valence-electron chi connectivity index (χ4n) is 1.38. The van der Waals surface area contributed by atoms with Gasteiger partial charge in [-0.1, -0.05) is 0 Å². The van der Waals surface area contributed by atoms with E-state index in [2.05, 4.69) is 10.6 Å². The van der Waals surface area contributed by atoms with Crippen LogP contribution in [0.15, 0.2) is 18.2 Å². The number of aromatic carboxylic acids is 1. The SMILES string of the molecule is COCCNCC(=O)Nc1cc(F)ccc1C(=O)O. The molecular formula is C12H15FN2O4. The molecule has 6 nitrogen and oxygen atoms in total. The molecule has 0 unspecified atom stereocenters. The standard InChI is InChI=1S/C12H15FN2O4/c1-19-5-4-14-7-11(16)15-10-6-8(13)2-3-9(10)12(17)18/h2-3,6,14H,4-5,7H2,1H3,(H,15,16)(H,17,18). The summed E-state index contributed by atoms with van der Waals surface area (Å²) < 4.78 is 17.8. The van der Waals surface area contributed by atoms with Crippen LogP contribution in [0.2, 0.25) is 0 Å². The Morgan fingerprint density at radius 3 is 2.79 bits per heavy atom. The molecule has 0 aliphatic carbocycles. The van der Waals surface area contributed by atoms with Crippen LogP contribution in [0.4, 0.5) is 10.1 Å². The molecule has 0 aliphatic rings. The van der Waals surface area contributed by atoms with Crippen LogP contribution in [-0.4, -0.2) is 43.8 Å². The number of anilines is 1. The van der Waals surface area contributed by atoms with Gasteiger partial charge in [0.25, 0.3) is 0 Å². The van der Waals surface area contributed by atoms with E-state index in [1.165, 1.54) is 7.11 Å². The highest BCUT2D eigenvalue weighted by Gasteiger charge is 2.13. The van der Waals surface area contributed by atoms with Crippen molar-refractivity contribution >= 4 is 17.6 Å². The van der Waals surface area contributed by atoms with Gasteiger partial charge in [0.1, 0.15) is 5.82 Å². The Hall–Kier alpha value is -1.99. The third-order valence-electron chi connectivity index (χ3n) is 2.25. The number of methoxy groups -OCH3 is 1. The lowest BCUT2D eigenvalue weighted by molar-refractivity contribution is -0.115. The number of carboxylic acids is 1. The molecule has 104 valence electrons. The van der Waals surface area contributed by atoms with E-state index in [1.54, 1.807) is 0 Å². The minimum absolute atomic E-state index is 0.0149. The highest BCUT2D eigenvalue weighted by molar-refractivity contribution is 6.01. The molecule has 0 heterocycles. The summed E-state index contributed by atoms with van der Waals surface area (Å²) in [6.45, 7) is 0.922. The number of amides is 1. The number of benzene rings is 1. The third kappa shape index (κ3) is 5.02. The second-order valence-electron chi connectivity index (χ2n) is 3.71. The molecule has 0 saturated heterocycles. The van der Waals surface area contributed by atoms with E-state index in [-0.39, 0.29) is 17.8 Å². The number of carbonyl (C=O) groups excluding carboxylic acids is 1. The van der Waals surface area contributed by atoms with E-state index >= 15 is 0 Å². The van der Waals surface area contributed by atoms with Crippen molar-refractivity contribution in [3.63, 3.8) is 0 Å². The van der Waals surface area contributed by atoms with Gasteiger partial charge >= 0.3 is 5.97 Å². The number of hydrogen-bond donors (Lipinski definition) is 3. The van der Waals surface area contributed by atoms with E-state index in [0.29, 0.717) is 13.2 Å². The first-order valence-corrected chi connectivity index (χ1v) is 5.57. The predicted octanol–water partition coefficient (Wildman–Crippen LogP) is 0.698. The van der Waals surface area contributed by atoms with Crippen molar-refractivity contribution in [1.29, 1.82) is 0 Å². The topological polar surface area (TPSA) is 87.7 Å². The van der Waals surface area contributed by atoms with Crippen molar-refractivity contribution < 1.29 is 23.8 Å². The smallest absolute Gasteiger partial charge is 0.337 e. The Balaban J connectivity index is 2.62.